The summed E-state index contributed by atoms with van der Waals surface area (Å²) in [5, 5.41) is 8.41. The van der Waals surface area contributed by atoms with Crippen molar-refractivity contribution in [1.82, 2.24) is 4.72 Å². The van der Waals surface area contributed by atoms with Gasteiger partial charge >= 0.3 is 5.97 Å². The molecule has 7 heteroatoms. The Morgan fingerprint density at radius 2 is 1.87 bits per heavy atom. The predicted molar refractivity (Wildman–Crippen MR) is 58.6 cm³/mol. The number of aliphatic carboxylic acids is 1. The zero-order chi connectivity index (χ0) is 10.9. The average Bonchev–Trinajstić information content (AvgIpc) is 2.80. The number of halogens is 1. The second-order valence-electron chi connectivity index (χ2n) is 3.92. The number of carboxylic acid groups (broad SMARTS) is 1. The van der Waals surface area contributed by atoms with E-state index >= 15 is 0 Å². The lowest BCUT2D eigenvalue weighted by atomic mass is 10.1. The number of nitrogens with one attached hydrogen (secondary N) is 1. The molecule has 0 aliphatic heterocycles. The first-order valence-electron chi connectivity index (χ1n) is 4.58. The monoisotopic (exact) mass is 257 g/mol. The average molecular weight is 258 g/mol. The van der Waals surface area contributed by atoms with Gasteiger partial charge in [0.15, 0.2) is 0 Å². The number of rotatable bonds is 5. The minimum Gasteiger partial charge on any atom is -0.480 e. The van der Waals surface area contributed by atoms with Crippen molar-refractivity contribution in [2.24, 2.45) is 5.92 Å². The Morgan fingerprint density at radius 1 is 1.40 bits per heavy atom. The van der Waals surface area contributed by atoms with Gasteiger partial charge in [-0.1, -0.05) is 13.8 Å². The Morgan fingerprint density at radius 3 is 2.13 bits per heavy atom. The molecule has 0 spiro atoms. The third kappa shape index (κ3) is 3.96. The van der Waals surface area contributed by atoms with Crippen LogP contribution in [0.25, 0.3) is 0 Å². The highest BCUT2D eigenvalue weighted by Gasteiger charge is 2.38. The van der Waals surface area contributed by atoms with E-state index in [1.807, 2.05) is 0 Å². The van der Waals surface area contributed by atoms with Gasteiger partial charge in [0, 0.05) is 0 Å². The van der Waals surface area contributed by atoms with Crippen LogP contribution in [-0.2, 0) is 14.8 Å². The smallest absolute Gasteiger partial charge is 0.321 e. The zero-order valence-corrected chi connectivity index (χ0v) is 10.3. The molecule has 0 bridgehead atoms. The third-order valence-electron chi connectivity index (χ3n) is 2.19. The van der Waals surface area contributed by atoms with Gasteiger partial charge in [0.1, 0.15) is 6.04 Å². The summed E-state index contributed by atoms with van der Waals surface area (Å²) >= 11 is 0. The van der Waals surface area contributed by atoms with E-state index in [4.69, 9.17) is 5.11 Å². The molecule has 1 saturated carbocycles. The van der Waals surface area contributed by atoms with Gasteiger partial charge < -0.3 is 5.11 Å². The van der Waals surface area contributed by atoms with Gasteiger partial charge in [-0.3, -0.25) is 4.79 Å². The molecule has 1 aliphatic rings. The Bertz CT molecular complexity index is 324. The summed E-state index contributed by atoms with van der Waals surface area (Å²) in [4.78, 5) is 10.7. The number of carbonyl (C=O) groups is 1. The minimum absolute atomic E-state index is 0. The van der Waals surface area contributed by atoms with Gasteiger partial charge in [0.2, 0.25) is 10.0 Å². The zero-order valence-electron chi connectivity index (χ0n) is 8.63. The molecule has 0 saturated heterocycles. The van der Waals surface area contributed by atoms with E-state index < -0.39 is 22.0 Å². The lowest BCUT2D eigenvalue weighted by Crippen LogP contribution is -2.45. The van der Waals surface area contributed by atoms with E-state index in [0.717, 1.165) is 0 Å². The molecule has 1 aliphatic carbocycles. The van der Waals surface area contributed by atoms with Gasteiger partial charge in [-0.05, 0) is 18.8 Å². The van der Waals surface area contributed by atoms with Crippen LogP contribution >= 0.6 is 12.4 Å². The normalized spacial score (nSPS) is 18.3. The highest BCUT2D eigenvalue weighted by atomic mass is 35.5. The summed E-state index contributed by atoms with van der Waals surface area (Å²) in [7, 11) is -3.41. The molecule has 0 heterocycles. The fraction of sp³-hybridized carbons (Fsp3) is 0.875. The first-order valence-corrected chi connectivity index (χ1v) is 6.13. The quantitative estimate of drug-likeness (QED) is 0.756. The fourth-order valence-corrected chi connectivity index (χ4v) is 2.80. The molecule has 1 fully saturated rings. The third-order valence-corrected chi connectivity index (χ3v) is 4.12. The van der Waals surface area contributed by atoms with Crippen LogP contribution in [0.2, 0.25) is 0 Å². The highest BCUT2D eigenvalue weighted by Crippen LogP contribution is 2.28. The van der Waals surface area contributed by atoms with Crippen LogP contribution in [0, 0.1) is 5.92 Å². The minimum atomic E-state index is -3.41. The Hall–Kier alpha value is -0.330. The van der Waals surface area contributed by atoms with Crippen molar-refractivity contribution in [2.75, 3.05) is 0 Å². The summed E-state index contributed by atoms with van der Waals surface area (Å²) in [6, 6.07) is -1.01. The molecule has 0 radical (unpaired) electrons. The van der Waals surface area contributed by atoms with Gasteiger partial charge in [-0.2, -0.15) is 0 Å². The lowest BCUT2D eigenvalue weighted by molar-refractivity contribution is -0.140. The molecule has 1 unspecified atom stereocenters. The molecule has 0 aromatic heterocycles. The molecule has 15 heavy (non-hydrogen) atoms. The van der Waals surface area contributed by atoms with Crippen molar-refractivity contribution < 1.29 is 18.3 Å². The van der Waals surface area contributed by atoms with Crippen molar-refractivity contribution in [1.29, 1.82) is 0 Å². The van der Waals surface area contributed by atoms with Gasteiger partial charge in [-0.15, -0.1) is 12.4 Å². The molecule has 1 rings (SSSR count). The maximum atomic E-state index is 11.4. The molecular formula is C8H16ClNO4S. The van der Waals surface area contributed by atoms with Gasteiger partial charge in [-0.25, -0.2) is 13.1 Å². The maximum Gasteiger partial charge on any atom is 0.321 e. The molecule has 1 atom stereocenters. The molecule has 0 aromatic carbocycles. The van der Waals surface area contributed by atoms with E-state index in [-0.39, 0.29) is 23.6 Å². The van der Waals surface area contributed by atoms with E-state index in [9.17, 15) is 13.2 Å². The lowest BCUT2D eigenvalue weighted by Gasteiger charge is -2.17. The standard InChI is InChI=1S/C8H15NO4S.ClH/c1-5(2)7(8(10)11)9-14(12,13)6-3-4-6;/h5-7,9H,3-4H2,1-2H3,(H,10,11);1H. The fourth-order valence-electron chi connectivity index (χ4n) is 1.12. The van der Waals surface area contributed by atoms with Crippen molar-refractivity contribution in [3.63, 3.8) is 0 Å². The summed E-state index contributed by atoms with van der Waals surface area (Å²) < 4.78 is 25.1. The van der Waals surface area contributed by atoms with Crippen LogP contribution < -0.4 is 4.72 Å². The van der Waals surface area contributed by atoms with E-state index in [2.05, 4.69) is 4.72 Å². The summed E-state index contributed by atoms with van der Waals surface area (Å²) in [6.07, 6.45) is 1.28. The van der Waals surface area contributed by atoms with E-state index in [1.54, 1.807) is 13.8 Å². The number of hydrogen-bond acceptors (Lipinski definition) is 3. The SMILES string of the molecule is CC(C)C(NS(=O)(=O)C1CC1)C(=O)O.Cl. The first-order chi connectivity index (χ1) is 6.34. The second-order valence-corrected chi connectivity index (χ2v) is 5.91. The topological polar surface area (TPSA) is 83.5 Å². The van der Waals surface area contributed by atoms with Crippen LogP contribution in [0.1, 0.15) is 26.7 Å². The summed E-state index contributed by atoms with van der Waals surface area (Å²) in [5.41, 5.74) is 0. The number of carboxylic acids is 1. The molecular weight excluding hydrogens is 242 g/mol. The molecule has 0 amide bonds. The summed E-state index contributed by atoms with van der Waals surface area (Å²) in [6.45, 7) is 3.35. The highest BCUT2D eigenvalue weighted by molar-refractivity contribution is 7.90. The number of hydrogen-bond donors (Lipinski definition) is 2. The van der Waals surface area contributed by atoms with Crippen LogP contribution in [0.4, 0.5) is 0 Å². The van der Waals surface area contributed by atoms with E-state index in [0.29, 0.717) is 12.8 Å². The Balaban J connectivity index is 0.00000196. The molecule has 5 nitrogen and oxygen atoms in total. The van der Waals surface area contributed by atoms with Crippen LogP contribution in [0.15, 0.2) is 0 Å². The molecule has 0 aromatic rings. The summed E-state index contributed by atoms with van der Waals surface area (Å²) in [5.74, 6) is -1.37. The second kappa shape index (κ2) is 5.14. The largest absolute Gasteiger partial charge is 0.480 e. The van der Waals surface area contributed by atoms with Crippen molar-refractivity contribution in [3.05, 3.63) is 0 Å². The van der Waals surface area contributed by atoms with E-state index in [1.165, 1.54) is 0 Å². The van der Waals surface area contributed by atoms with Crippen molar-refractivity contribution >= 4 is 28.4 Å². The molecule has 90 valence electrons. The Kier molecular flexibility index (Phi) is 5.02. The van der Waals surface area contributed by atoms with Crippen LogP contribution in [-0.4, -0.2) is 30.8 Å². The first kappa shape index (κ1) is 14.7. The van der Waals surface area contributed by atoms with Crippen molar-refractivity contribution in [2.45, 2.75) is 38.0 Å². The van der Waals surface area contributed by atoms with Crippen LogP contribution in [0.3, 0.4) is 0 Å². The number of sulfonamides is 1. The predicted octanol–water partition coefficient (Wildman–Crippen LogP) is 0.599. The van der Waals surface area contributed by atoms with Gasteiger partial charge in [0.25, 0.3) is 0 Å². The molecule has 2 N–H and O–H groups in total. The Labute approximate surface area is 95.7 Å². The maximum absolute atomic E-state index is 11.4. The van der Waals surface area contributed by atoms with Gasteiger partial charge in [0.05, 0.1) is 5.25 Å². The van der Waals surface area contributed by atoms with Crippen LogP contribution in [0.5, 0.6) is 0 Å². The van der Waals surface area contributed by atoms with Crippen molar-refractivity contribution in [3.8, 4) is 0 Å².